The molecule has 2 aromatic rings. The van der Waals surface area contributed by atoms with Crippen molar-refractivity contribution in [1.82, 2.24) is 10.3 Å². The molecule has 0 aliphatic heterocycles. The Morgan fingerprint density at radius 2 is 2.28 bits per heavy atom. The molecule has 3 nitrogen and oxygen atoms in total. The number of carbonyl (C=O) groups excluding carboxylic acids is 1. The zero-order valence-corrected chi connectivity index (χ0v) is 14.3. The van der Waals surface area contributed by atoms with E-state index in [4.69, 9.17) is 0 Å². The van der Waals surface area contributed by atoms with Gasteiger partial charge in [-0.05, 0) is 44.8 Å². The van der Waals surface area contributed by atoms with Gasteiger partial charge in [-0.15, -0.1) is 22.7 Å². The molecule has 96 valence electrons. The van der Waals surface area contributed by atoms with Crippen molar-refractivity contribution in [2.75, 3.05) is 6.54 Å². The number of hydrogen-bond acceptors (Lipinski definition) is 4. The number of aromatic nitrogens is 1. The fraction of sp³-hybridized carbons (Fsp3) is 0.273. The zero-order valence-electron chi connectivity index (χ0n) is 9.50. The minimum atomic E-state index is -0.0420. The Kier molecular flexibility index (Phi) is 4.94. The van der Waals surface area contributed by atoms with E-state index < -0.39 is 0 Å². The van der Waals surface area contributed by atoms with Crippen LogP contribution in [-0.2, 0) is 6.42 Å². The van der Waals surface area contributed by atoms with Crippen molar-refractivity contribution in [3.63, 3.8) is 0 Å². The van der Waals surface area contributed by atoms with E-state index in [9.17, 15) is 4.79 Å². The van der Waals surface area contributed by atoms with E-state index in [0.29, 0.717) is 11.4 Å². The van der Waals surface area contributed by atoms with Crippen LogP contribution in [0.25, 0.3) is 0 Å². The first-order valence-corrected chi connectivity index (χ1v) is 8.48. The van der Waals surface area contributed by atoms with Gasteiger partial charge in [-0.3, -0.25) is 4.79 Å². The summed E-state index contributed by atoms with van der Waals surface area (Å²) in [4.78, 5) is 16.9. The van der Waals surface area contributed by atoms with Crippen LogP contribution < -0.4 is 5.32 Å². The van der Waals surface area contributed by atoms with Crippen LogP contribution in [-0.4, -0.2) is 17.4 Å². The SMILES string of the molecule is Cc1csc(CCNC(=O)c2cc(Br)c(Br)s2)n1. The van der Waals surface area contributed by atoms with Crippen LogP contribution in [0.4, 0.5) is 0 Å². The van der Waals surface area contributed by atoms with E-state index in [1.807, 2.05) is 18.4 Å². The molecular weight excluding hydrogens is 400 g/mol. The van der Waals surface area contributed by atoms with Gasteiger partial charge in [-0.2, -0.15) is 0 Å². The lowest BCUT2D eigenvalue weighted by atomic mass is 10.4. The number of aryl methyl sites for hydroxylation is 1. The van der Waals surface area contributed by atoms with Crippen molar-refractivity contribution in [1.29, 1.82) is 0 Å². The van der Waals surface area contributed by atoms with Gasteiger partial charge in [-0.1, -0.05) is 0 Å². The third-order valence-corrected chi connectivity index (χ3v) is 6.44. The molecule has 0 bridgehead atoms. The minimum absolute atomic E-state index is 0.0420. The third-order valence-electron chi connectivity index (χ3n) is 2.16. The number of nitrogens with one attached hydrogen (secondary N) is 1. The Hall–Kier alpha value is -0.240. The Morgan fingerprint density at radius 3 is 2.83 bits per heavy atom. The molecular formula is C11H10Br2N2OS2. The summed E-state index contributed by atoms with van der Waals surface area (Å²) in [5.41, 5.74) is 1.03. The number of rotatable bonds is 4. The molecule has 7 heteroatoms. The highest BCUT2D eigenvalue weighted by atomic mass is 79.9. The van der Waals surface area contributed by atoms with Crippen LogP contribution in [0, 0.1) is 6.92 Å². The molecule has 0 aliphatic rings. The normalized spacial score (nSPS) is 10.6. The van der Waals surface area contributed by atoms with Gasteiger partial charge in [0.15, 0.2) is 0 Å². The Balaban J connectivity index is 1.85. The lowest BCUT2D eigenvalue weighted by molar-refractivity contribution is 0.0958. The van der Waals surface area contributed by atoms with Crippen molar-refractivity contribution in [3.05, 3.63) is 35.3 Å². The van der Waals surface area contributed by atoms with Gasteiger partial charge in [0.05, 0.1) is 13.7 Å². The summed E-state index contributed by atoms with van der Waals surface area (Å²) >= 11 is 9.79. The second-order valence-corrected chi connectivity index (χ2v) is 7.79. The molecule has 2 aromatic heterocycles. The number of nitrogens with zero attached hydrogens (tertiary/aromatic N) is 1. The van der Waals surface area contributed by atoms with Crippen LogP contribution in [0.1, 0.15) is 20.4 Å². The maximum atomic E-state index is 11.8. The van der Waals surface area contributed by atoms with Gasteiger partial charge in [0.25, 0.3) is 5.91 Å². The molecule has 2 rings (SSSR count). The third kappa shape index (κ3) is 3.63. The zero-order chi connectivity index (χ0) is 13.1. The Bertz CT molecular complexity index is 546. The minimum Gasteiger partial charge on any atom is -0.351 e. The quantitative estimate of drug-likeness (QED) is 0.828. The van der Waals surface area contributed by atoms with E-state index in [-0.39, 0.29) is 5.91 Å². The Morgan fingerprint density at radius 1 is 1.50 bits per heavy atom. The van der Waals surface area contributed by atoms with E-state index in [1.54, 1.807) is 11.3 Å². The summed E-state index contributed by atoms with van der Waals surface area (Å²) < 4.78 is 1.84. The van der Waals surface area contributed by atoms with E-state index in [0.717, 1.165) is 25.4 Å². The Labute approximate surface area is 130 Å². The molecule has 0 fully saturated rings. The molecule has 1 amide bonds. The summed E-state index contributed by atoms with van der Waals surface area (Å²) in [5, 5.41) is 5.97. The average molecular weight is 410 g/mol. The first-order valence-electron chi connectivity index (χ1n) is 5.20. The number of halogens is 2. The topological polar surface area (TPSA) is 42.0 Å². The summed E-state index contributed by atoms with van der Waals surface area (Å²) in [7, 11) is 0. The number of amides is 1. The summed E-state index contributed by atoms with van der Waals surface area (Å²) in [6.07, 6.45) is 0.776. The lowest BCUT2D eigenvalue weighted by Gasteiger charge is -2.01. The molecule has 1 N–H and O–H groups in total. The van der Waals surface area contributed by atoms with Crippen LogP contribution in [0.2, 0.25) is 0 Å². The smallest absolute Gasteiger partial charge is 0.261 e. The van der Waals surface area contributed by atoms with Crippen molar-refractivity contribution < 1.29 is 4.79 Å². The van der Waals surface area contributed by atoms with Crippen molar-refractivity contribution in [2.45, 2.75) is 13.3 Å². The van der Waals surface area contributed by atoms with Crippen molar-refractivity contribution in [2.24, 2.45) is 0 Å². The van der Waals surface area contributed by atoms with Gasteiger partial charge in [-0.25, -0.2) is 4.98 Å². The maximum Gasteiger partial charge on any atom is 0.261 e. The molecule has 0 aromatic carbocycles. The molecule has 0 atom stereocenters. The molecule has 0 saturated carbocycles. The van der Waals surface area contributed by atoms with Gasteiger partial charge in [0.2, 0.25) is 0 Å². The first-order chi connectivity index (χ1) is 8.56. The van der Waals surface area contributed by atoms with Crippen LogP contribution >= 0.6 is 54.5 Å². The number of hydrogen-bond donors (Lipinski definition) is 1. The molecule has 18 heavy (non-hydrogen) atoms. The average Bonchev–Trinajstić information content (AvgIpc) is 2.87. The van der Waals surface area contributed by atoms with Crippen molar-refractivity contribution in [3.8, 4) is 0 Å². The predicted molar refractivity (Wildman–Crippen MR) is 82.6 cm³/mol. The fourth-order valence-electron chi connectivity index (χ4n) is 1.35. The van der Waals surface area contributed by atoms with Crippen LogP contribution in [0.5, 0.6) is 0 Å². The molecule has 0 saturated heterocycles. The van der Waals surface area contributed by atoms with Gasteiger partial charge in [0.1, 0.15) is 0 Å². The first kappa shape index (κ1) is 14.2. The van der Waals surface area contributed by atoms with Gasteiger partial charge >= 0.3 is 0 Å². The second kappa shape index (κ2) is 6.27. The predicted octanol–water partition coefficient (Wildman–Crippen LogP) is 4.01. The molecule has 2 heterocycles. The standard InChI is InChI=1S/C11H10Br2N2OS2/c1-6-5-17-9(15-6)2-3-14-11(16)8-4-7(12)10(13)18-8/h4-5H,2-3H2,1H3,(H,14,16). The van der Waals surface area contributed by atoms with E-state index >= 15 is 0 Å². The van der Waals surface area contributed by atoms with Gasteiger partial charge < -0.3 is 5.32 Å². The fourth-order valence-corrected chi connectivity index (χ4v) is 4.07. The summed E-state index contributed by atoms with van der Waals surface area (Å²) in [6.45, 7) is 2.58. The van der Waals surface area contributed by atoms with Crippen LogP contribution in [0.3, 0.4) is 0 Å². The highest BCUT2D eigenvalue weighted by Gasteiger charge is 2.11. The monoisotopic (exact) mass is 408 g/mol. The summed E-state index contributed by atoms with van der Waals surface area (Å²) in [6, 6.07) is 1.82. The maximum absolute atomic E-state index is 11.8. The largest absolute Gasteiger partial charge is 0.351 e. The number of thiophene rings is 1. The van der Waals surface area contributed by atoms with Gasteiger partial charge in [0, 0.05) is 28.5 Å². The van der Waals surface area contributed by atoms with E-state index in [1.165, 1.54) is 11.3 Å². The highest BCUT2D eigenvalue weighted by molar-refractivity contribution is 9.13. The van der Waals surface area contributed by atoms with Crippen molar-refractivity contribution >= 4 is 60.4 Å². The second-order valence-electron chi connectivity index (χ2n) is 3.62. The molecule has 0 unspecified atom stereocenters. The van der Waals surface area contributed by atoms with E-state index in [2.05, 4.69) is 42.2 Å². The van der Waals surface area contributed by atoms with Crippen LogP contribution in [0.15, 0.2) is 19.7 Å². The molecule has 0 aliphatic carbocycles. The highest BCUT2D eigenvalue weighted by Crippen LogP contribution is 2.32. The number of thiazole rings is 1. The molecule has 0 spiro atoms. The lowest BCUT2D eigenvalue weighted by Crippen LogP contribution is -2.24. The number of carbonyl (C=O) groups is 1. The molecule has 0 radical (unpaired) electrons. The summed E-state index contributed by atoms with van der Waals surface area (Å²) in [5.74, 6) is -0.0420.